The molecule has 0 radical (unpaired) electrons. The monoisotopic (exact) mass is 384 g/mol. The summed E-state index contributed by atoms with van der Waals surface area (Å²) in [4.78, 5) is 6.91. The molecule has 1 aliphatic rings. The van der Waals surface area contributed by atoms with Gasteiger partial charge < -0.3 is 20.1 Å². The fraction of sp³-hybridized carbons (Fsp3) is 0.632. The van der Waals surface area contributed by atoms with E-state index >= 15 is 0 Å². The predicted octanol–water partition coefficient (Wildman–Crippen LogP) is 2.37. The topological polar surface area (TPSA) is 58.1 Å². The molecule has 27 heavy (non-hydrogen) atoms. The Morgan fingerprint density at radius 1 is 1.30 bits per heavy atom. The zero-order valence-corrected chi connectivity index (χ0v) is 16.3. The summed E-state index contributed by atoms with van der Waals surface area (Å²) in [6, 6.07) is 5.47. The van der Waals surface area contributed by atoms with Crippen molar-refractivity contribution in [1.29, 1.82) is 0 Å². The van der Waals surface area contributed by atoms with E-state index in [0.717, 1.165) is 38.4 Å². The third kappa shape index (κ3) is 7.30. The van der Waals surface area contributed by atoms with E-state index in [-0.39, 0.29) is 12.3 Å². The van der Waals surface area contributed by atoms with Crippen molar-refractivity contribution >= 4 is 5.96 Å². The summed E-state index contributed by atoms with van der Waals surface area (Å²) in [5.41, 5.74) is 1.61. The third-order valence-corrected chi connectivity index (χ3v) is 4.42. The number of nitrogens with zero attached hydrogens (tertiary/aromatic N) is 2. The number of halogens is 2. The number of hydrogen-bond acceptors (Lipinski definition) is 4. The van der Waals surface area contributed by atoms with Crippen molar-refractivity contribution in [2.45, 2.75) is 40.0 Å². The fourth-order valence-electron chi connectivity index (χ4n) is 2.94. The van der Waals surface area contributed by atoms with Gasteiger partial charge >= 0.3 is 6.61 Å². The lowest BCUT2D eigenvalue weighted by atomic mass is 10.1. The molecule has 0 aliphatic carbocycles. The first kappa shape index (κ1) is 21.4. The van der Waals surface area contributed by atoms with E-state index in [1.165, 1.54) is 0 Å². The van der Waals surface area contributed by atoms with E-state index in [9.17, 15) is 8.78 Å². The van der Waals surface area contributed by atoms with Crippen LogP contribution in [-0.2, 0) is 11.3 Å². The molecule has 1 unspecified atom stereocenters. The van der Waals surface area contributed by atoms with Crippen LogP contribution in [0.1, 0.15) is 25.0 Å². The highest BCUT2D eigenvalue weighted by atomic mass is 19.3. The molecule has 2 rings (SSSR count). The molecule has 0 amide bonds. The molecule has 1 atom stereocenters. The Morgan fingerprint density at radius 3 is 2.70 bits per heavy atom. The molecule has 0 spiro atoms. The largest absolute Gasteiger partial charge is 0.434 e. The molecular formula is C19H30F2N4O2. The lowest BCUT2D eigenvalue weighted by Gasteiger charge is -2.32. The summed E-state index contributed by atoms with van der Waals surface area (Å²) in [7, 11) is 0. The van der Waals surface area contributed by atoms with Gasteiger partial charge in [0.25, 0.3) is 0 Å². The van der Waals surface area contributed by atoms with Gasteiger partial charge in [-0.25, -0.2) is 4.99 Å². The Hall–Kier alpha value is -1.93. The normalized spacial score (nSPS) is 17.0. The Kier molecular flexibility index (Phi) is 8.74. The van der Waals surface area contributed by atoms with Crippen LogP contribution in [0.25, 0.3) is 0 Å². The molecule has 1 saturated heterocycles. The van der Waals surface area contributed by atoms with Crippen LogP contribution in [-0.4, -0.2) is 62.9 Å². The van der Waals surface area contributed by atoms with Gasteiger partial charge in [-0.2, -0.15) is 8.78 Å². The summed E-state index contributed by atoms with van der Waals surface area (Å²) in [5.74, 6) is 0.819. The lowest BCUT2D eigenvalue weighted by molar-refractivity contribution is -0.0504. The molecule has 0 aromatic heterocycles. The fourth-order valence-corrected chi connectivity index (χ4v) is 2.94. The van der Waals surface area contributed by atoms with E-state index in [1.54, 1.807) is 12.1 Å². The van der Waals surface area contributed by atoms with E-state index in [0.29, 0.717) is 24.1 Å². The SMILES string of the molecule is CCNC(=NCc1cc(C)ccc1OC(F)F)NCC(C)N1CCOCC1. The zero-order chi connectivity index (χ0) is 19.6. The highest BCUT2D eigenvalue weighted by Crippen LogP contribution is 2.22. The molecule has 1 aromatic carbocycles. The summed E-state index contributed by atoms with van der Waals surface area (Å²) in [6.45, 7) is 8.29. The standard InChI is InChI=1S/C19H30F2N4O2/c1-4-22-19(23-12-15(3)25-7-9-26-10-8-25)24-13-16-11-14(2)5-6-17(16)27-18(20)21/h5-6,11,15,18H,4,7-10,12-13H2,1-3H3,(H2,22,23,24). The molecule has 6 nitrogen and oxygen atoms in total. The van der Waals surface area contributed by atoms with Crippen molar-refractivity contribution in [3.63, 3.8) is 0 Å². The average molecular weight is 384 g/mol. The lowest BCUT2D eigenvalue weighted by Crippen LogP contribution is -2.49. The minimum atomic E-state index is -2.85. The first-order valence-corrected chi connectivity index (χ1v) is 9.38. The molecule has 1 fully saturated rings. The maximum absolute atomic E-state index is 12.6. The average Bonchev–Trinajstić information content (AvgIpc) is 2.66. The number of alkyl halides is 2. The first-order valence-electron chi connectivity index (χ1n) is 9.38. The van der Waals surface area contributed by atoms with Crippen LogP contribution in [0, 0.1) is 6.92 Å². The summed E-state index contributed by atoms with van der Waals surface area (Å²) in [5, 5.41) is 6.52. The quantitative estimate of drug-likeness (QED) is 0.532. The Labute approximate surface area is 159 Å². The number of morpholine rings is 1. The summed E-state index contributed by atoms with van der Waals surface area (Å²) < 4.78 is 35.2. The van der Waals surface area contributed by atoms with Gasteiger partial charge in [0.05, 0.1) is 19.8 Å². The number of hydrogen-bond donors (Lipinski definition) is 2. The van der Waals surface area contributed by atoms with Crippen molar-refractivity contribution in [3.05, 3.63) is 29.3 Å². The van der Waals surface area contributed by atoms with Crippen LogP contribution in [0.15, 0.2) is 23.2 Å². The number of aryl methyl sites for hydroxylation is 1. The molecule has 8 heteroatoms. The van der Waals surface area contributed by atoms with E-state index in [4.69, 9.17) is 4.74 Å². The Morgan fingerprint density at radius 2 is 2.04 bits per heavy atom. The van der Waals surface area contributed by atoms with Gasteiger partial charge in [0, 0.05) is 37.8 Å². The maximum Gasteiger partial charge on any atom is 0.387 e. The van der Waals surface area contributed by atoms with E-state index < -0.39 is 6.61 Å². The van der Waals surface area contributed by atoms with Crippen LogP contribution in [0.3, 0.4) is 0 Å². The number of aliphatic imine (C=N–C) groups is 1. The minimum absolute atomic E-state index is 0.164. The van der Waals surface area contributed by atoms with Gasteiger partial charge in [-0.1, -0.05) is 17.7 Å². The van der Waals surface area contributed by atoms with Gasteiger partial charge in [-0.15, -0.1) is 0 Å². The highest BCUT2D eigenvalue weighted by molar-refractivity contribution is 5.79. The molecule has 2 N–H and O–H groups in total. The molecule has 1 aromatic rings. The predicted molar refractivity (Wildman–Crippen MR) is 102 cm³/mol. The first-order chi connectivity index (χ1) is 13.0. The Balaban J connectivity index is 1.99. The number of guanidine groups is 1. The van der Waals surface area contributed by atoms with Crippen molar-refractivity contribution in [2.75, 3.05) is 39.4 Å². The van der Waals surface area contributed by atoms with Crippen LogP contribution >= 0.6 is 0 Å². The second-order valence-electron chi connectivity index (χ2n) is 6.56. The highest BCUT2D eigenvalue weighted by Gasteiger charge is 2.17. The van der Waals surface area contributed by atoms with Gasteiger partial charge in [0.15, 0.2) is 5.96 Å². The second kappa shape index (κ2) is 11.0. The van der Waals surface area contributed by atoms with Crippen LogP contribution in [0.2, 0.25) is 0 Å². The molecule has 1 heterocycles. The molecule has 0 saturated carbocycles. The Bertz CT molecular complexity index is 607. The number of ether oxygens (including phenoxy) is 2. The minimum Gasteiger partial charge on any atom is -0.434 e. The molecular weight excluding hydrogens is 354 g/mol. The zero-order valence-electron chi connectivity index (χ0n) is 16.3. The van der Waals surface area contributed by atoms with Gasteiger partial charge in [-0.3, -0.25) is 4.90 Å². The van der Waals surface area contributed by atoms with Crippen molar-refractivity contribution in [2.24, 2.45) is 4.99 Å². The van der Waals surface area contributed by atoms with Gasteiger partial charge in [-0.05, 0) is 26.8 Å². The number of nitrogens with one attached hydrogen (secondary N) is 2. The van der Waals surface area contributed by atoms with Crippen LogP contribution in [0.4, 0.5) is 8.78 Å². The summed E-state index contributed by atoms with van der Waals surface area (Å²) in [6.07, 6.45) is 0. The molecule has 1 aliphatic heterocycles. The van der Waals surface area contributed by atoms with Crippen LogP contribution < -0.4 is 15.4 Å². The van der Waals surface area contributed by atoms with E-state index in [1.807, 2.05) is 19.9 Å². The van der Waals surface area contributed by atoms with Crippen molar-refractivity contribution in [1.82, 2.24) is 15.5 Å². The molecule has 152 valence electrons. The third-order valence-electron chi connectivity index (χ3n) is 4.42. The van der Waals surface area contributed by atoms with Gasteiger partial charge in [0.2, 0.25) is 0 Å². The van der Waals surface area contributed by atoms with Crippen molar-refractivity contribution in [3.8, 4) is 5.75 Å². The number of benzene rings is 1. The van der Waals surface area contributed by atoms with Crippen molar-refractivity contribution < 1.29 is 18.3 Å². The van der Waals surface area contributed by atoms with Gasteiger partial charge in [0.1, 0.15) is 5.75 Å². The van der Waals surface area contributed by atoms with Crippen LogP contribution in [0.5, 0.6) is 5.75 Å². The smallest absolute Gasteiger partial charge is 0.387 e. The molecule has 0 bridgehead atoms. The summed E-state index contributed by atoms with van der Waals surface area (Å²) >= 11 is 0. The second-order valence-corrected chi connectivity index (χ2v) is 6.56. The maximum atomic E-state index is 12.6. The number of rotatable bonds is 8. The van der Waals surface area contributed by atoms with E-state index in [2.05, 4.69) is 32.2 Å².